The summed E-state index contributed by atoms with van der Waals surface area (Å²) in [7, 11) is 0. The van der Waals surface area contributed by atoms with E-state index in [0.29, 0.717) is 6.54 Å². The Hall–Kier alpha value is -2.22. The molecule has 8 heteroatoms. The van der Waals surface area contributed by atoms with Gasteiger partial charge >= 0.3 is 5.69 Å². The normalized spacial score (nSPS) is 10.4. The maximum Gasteiger partial charge on any atom is 0.329 e. The van der Waals surface area contributed by atoms with Crippen LogP contribution in [-0.2, 0) is 13.0 Å². The SMILES string of the molecule is CCc1ccsc1CNc1nc(N)ncc1[N+](=O)[O-]. The quantitative estimate of drug-likeness (QED) is 0.641. The van der Waals surface area contributed by atoms with Crippen LogP contribution in [0.1, 0.15) is 17.4 Å². The fourth-order valence-corrected chi connectivity index (χ4v) is 2.57. The Labute approximate surface area is 113 Å². The van der Waals surface area contributed by atoms with Crippen molar-refractivity contribution < 1.29 is 4.92 Å². The Kier molecular flexibility index (Phi) is 3.91. The van der Waals surface area contributed by atoms with Crippen molar-refractivity contribution in [3.05, 3.63) is 38.2 Å². The van der Waals surface area contributed by atoms with Crippen LogP contribution < -0.4 is 11.1 Å². The van der Waals surface area contributed by atoms with E-state index in [-0.39, 0.29) is 17.5 Å². The van der Waals surface area contributed by atoms with Crippen LogP contribution in [0.2, 0.25) is 0 Å². The fraction of sp³-hybridized carbons (Fsp3) is 0.273. The monoisotopic (exact) mass is 279 g/mol. The zero-order valence-electron chi connectivity index (χ0n) is 10.3. The first-order valence-corrected chi connectivity index (χ1v) is 6.55. The van der Waals surface area contributed by atoms with Gasteiger partial charge in [-0.15, -0.1) is 11.3 Å². The molecule has 0 aliphatic rings. The van der Waals surface area contributed by atoms with Crippen LogP contribution in [0.3, 0.4) is 0 Å². The molecule has 19 heavy (non-hydrogen) atoms. The molecule has 0 fully saturated rings. The molecule has 100 valence electrons. The first-order valence-electron chi connectivity index (χ1n) is 5.67. The van der Waals surface area contributed by atoms with Crippen LogP contribution in [0.15, 0.2) is 17.6 Å². The summed E-state index contributed by atoms with van der Waals surface area (Å²) < 4.78 is 0. The number of aryl methyl sites for hydroxylation is 1. The van der Waals surface area contributed by atoms with Gasteiger partial charge in [0.05, 0.1) is 11.5 Å². The van der Waals surface area contributed by atoms with Crippen LogP contribution in [0, 0.1) is 10.1 Å². The van der Waals surface area contributed by atoms with E-state index in [1.165, 1.54) is 5.56 Å². The van der Waals surface area contributed by atoms with Gasteiger partial charge in [-0.1, -0.05) is 6.92 Å². The molecule has 0 aromatic carbocycles. The van der Waals surface area contributed by atoms with E-state index in [2.05, 4.69) is 22.2 Å². The molecule has 0 aliphatic carbocycles. The van der Waals surface area contributed by atoms with Gasteiger partial charge in [0.15, 0.2) is 0 Å². The lowest BCUT2D eigenvalue weighted by molar-refractivity contribution is -0.384. The van der Waals surface area contributed by atoms with E-state index in [1.54, 1.807) is 11.3 Å². The molecular weight excluding hydrogens is 266 g/mol. The summed E-state index contributed by atoms with van der Waals surface area (Å²) in [6.07, 6.45) is 2.04. The zero-order chi connectivity index (χ0) is 13.8. The minimum atomic E-state index is -0.531. The third-order valence-electron chi connectivity index (χ3n) is 2.62. The van der Waals surface area contributed by atoms with Gasteiger partial charge in [0.25, 0.3) is 0 Å². The number of nitrogens with zero attached hydrogens (tertiary/aromatic N) is 3. The number of hydrogen-bond acceptors (Lipinski definition) is 7. The van der Waals surface area contributed by atoms with Crippen molar-refractivity contribution in [3.8, 4) is 0 Å². The maximum atomic E-state index is 10.9. The Morgan fingerprint density at radius 1 is 1.58 bits per heavy atom. The van der Waals surface area contributed by atoms with Gasteiger partial charge in [-0.05, 0) is 23.4 Å². The van der Waals surface area contributed by atoms with E-state index >= 15 is 0 Å². The van der Waals surface area contributed by atoms with Gasteiger partial charge in [0, 0.05) is 4.88 Å². The molecule has 0 spiro atoms. The van der Waals surface area contributed by atoms with Crippen molar-refractivity contribution in [2.24, 2.45) is 0 Å². The maximum absolute atomic E-state index is 10.9. The van der Waals surface area contributed by atoms with Crippen molar-refractivity contribution in [2.45, 2.75) is 19.9 Å². The van der Waals surface area contributed by atoms with Crippen LogP contribution in [0.5, 0.6) is 0 Å². The van der Waals surface area contributed by atoms with Gasteiger partial charge in [0.1, 0.15) is 6.20 Å². The second kappa shape index (κ2) is 5.61. The van der Waals surface area contributed by atoms with Crippen LogP contribution in [0.4, 0.5) is 17.5 Å². The molecule has 2 aromatic heterocycles. The van der Waals surface area contributed by atoms with Gasteiger partial charge in [-0.2, -0.15) is 4.98 Å². The van der Waals surface area contributed by atoms with E-state index in [4.69, 9.17) is 5.73 Å². The molecule has 0 saturated heterocycles. The van der Waals surface area contributed by atoms with Crippen molar-refractivity contribution in [2.75, 3.05) is 11.1 Å². The lowest BCUT2D eigenvalue weighted by atomic mass is 10.2. The highest BCUT2D eigenvalue weighted by molar-refractivity contribution is 7.10. The van der Waals surface area contributed by atoms with Crippen molar-refractivity contribution >= 4 is 28.8 Å². The summed E-state index contributed by atoms with van der Waals surface area (Å²) in [5, 5.41) is 15.8. The smallest absolute Gasteiger partial charge is 0.329 e. The summed E-state index contributed by atoms with van der Waals surface area (Å²) in [6.45, 7) is 2.55. The van der Waals surface area contributed by atoms with Crippen molar-refractivity contribution in [1.29, 1.82) is 0 Å². The molecule has 7 nitrogen and oxygen atoms in total. The number of nitrogens with two attached hydrogens (primary N) is 1. The molecule has 0 amide bonds. The third kappa shape index (κ3) is 2.97. The standard InChI is InChI=1S/C11H13N5O2S/c1-2-7-3-4-19-9(7)6-13-10-8(16(17)18)5-14-11(12)15-10/h3-5H,2,6H2,1H3,(H3,12,13,14,15). The average Bonchev–Trinajstić information content (AvgIpc) is 2.83. The lowest BCUT2D eigenvalue weighted by Gasteiger charge is -2.06. The number of rotatable bonds is 5. The summed E-state index contributed by atoms with van der Waals surface area (Å²) in [5.41, 5.74) is 6.50. The number of anilines is 2. The molecule has 3 N–H and O–H groups in total. The van der Waals surface area contributed by atoms with Gasteiger partial charge in [-0.25, -0.2) is 4.98 Å². The molecule has 2 heterocycles. The largest absolute Gasteiger partial charge is 0.368 e. The van der Waals surface area contributed by atoms with E-state index < -0.39 is 4.92 Å². The Morgan fingerprint density at radius 3 is 3.05 bits per heavy atom. The molecule has 0 unspecified atom stereocenters. The van der Waals surface area contributed by atoms with Crippen LogP contribution in [-0.4, -0.2) is 14.9 Å². The Balaban J connectivity index is 2.19. The summed E-state index contributed by atoms with van der Waals surface area (Å²) in [5.74, 6) is 0.156. The van der Waals surface area contributed by atoms with Crippen LogP contribution >= 0.6 is 11.3 Å². The highest BCUT2D eigenvalue weighted by Crippen LogP contribution is 2.24. The van der Waals surface area contributed by atoms with Crippen LogP contribution in [0.25, 0.3) is 0 Å². The second-order valence-corrected chi connectivity index (χ2v) is 4.80. The number of nitrogens with one attached hydrogen (secondary N) is 1. The fourth-order valence-electron chi connectivity index (χ4n) is 1.65. The predicted molar refractivity (Wildman–Crippen MR) is 74.1 cm³/mol. The number of thiophene rings is 1. The van der Waals surface area contributed by atoms with Gasteiger partial charge in [0.2, 0.25) is 11.8 Å². The van der Waals surface area contributed by atoms with Crippen molar-refractivity contribution in [3.63, 3.8) is 0 Å². The first-order chi connectivity index (χ1) is 9.11. The zero-order valence-corrected chi connectivity index (χ0v) is 11.1. The highest BCUT2D eigenvalue weighted by Gasteiger charge is 2.16. The Morgan fingerprint density at radius 2 is 2.37 bits per heavy atom. The van der Waals surface area contributed by atoms with E-state index in [1.807, 2.05) is 11.4 Å². The molecule has 2 rings (SSSR count). The second-order valence-electron chi connectivity index (χ2n) is 3.80. The molecule has 0 radical (unpaired) electrons. The molecule has 0 bridgehead atoms. The average molecular weight is 279 g/mol. The summed E-state index contributed by atoms with van der Waals surface area (Å²) in [4.78, 5) is 19.0. The Bertz CT molecular complexity index is 599. The summed E-state index contributed by atoms with van der Waals surface area (Å²) >= 11 is 1.60. The third-order valence-corrected chi connectivity index (χ3v) is 3.58. The molecule has 0 atom stereocenters. The number of nitro groups is 1. The predicted octanol–water partition coefficient (Wildman–Crippen LogP) is 2.20. The molecule has 0 aliphatic heterocycles. The van der Waals surface area contributed by atoms with Gasteiger partial charge < -0.3 is 11.1 Å². The first kappa shape index (κ1) is 13.2. The van der Waals surface area contributed by atoms with E-state index in [9.17, 15) is 10.1 Å². The number of hydrogen-bond donors (Lipinski definition) is 2. The van der Waals surface area contributed by atoms with Crippen molar-refractivity contribution in [1.82, 2.24) is 9.97 Å². The van der Waals surface area contributed by atoms with Gasteiger partial charge in [-0.3, -0.25) is 10.1 Å². The molecule has 0 saturated carbocycles. The van der Waals surface area contributed by atoms with E-state index in [0.717, 1.165) is 17.5 Å². The number of aromatic nitrogens is 2. The highest BCUT2D eigenvalue weighted by atomic mass is 32.1. The topological polar surface area (TPSA) is 107 Å². The minimum absolute atomic E-state index is 0.00925. The number of nitrogen functional groups attached to an aromatic ring is 1. The minimum Gasteiger partial charge on any atom is -0.368 e. The molecular formula is C11H13N5O2S. The lowest BCUT2D eigenvalue weighted by Crippen LogP contribution is -2.07. The summed E-state index contributed by atoms with van der Waals surface area (Å²) in [6, 6.07) is 2.05. The molecule has 2 aromatic rings.